The molecule has 0 aromatic carbocycles. The highest BCUT2D eigenvalue weighted by Crippen LogP contribution is 1.80. The van der Waals surface area contributed by atoms with E-state index in [4.69, 9.17) is 22.4 Å². The highest BCUT2D eigenvalue weighted by molar-refractivity contribution is 6.18. The lowest BCUT2D eigenvalue weighted by atomic mass is 10.4. The normalized spacial score (nSPS) is 12.3. The molecule has 10 heavy (non-hydrogen) atoms. The predicted molar refractivity (Wildman–Crippen MR) is 45.4 cm³/mol. The van der Waals surface area contributed by atoms with Gasteiger partial charge in [0.1, 0.15) is 0 Å². The molecule has 4 heteroatoms. The number of nitrogens with two attached hydrogens (primary N) is 1. The molecular formula is C6H17ClN2O. The summed E-state index contributed by atoms with van der Waals surface area (Å²) in [5.41, 5.74) is 4.95. The van der Waals surface area contributed by atoms with Gasteiger partial charge in [0.15, 0.2) is 0 Å². The highest BCUT2D eigenvalue weighted by atomic mass is 35.5. The third-order valence-corrected chi connectivity index (χ3v) is 0.806. The Morgan fingerprint density at radius 1 is 1.50 bits per heavy atom. The Labute approximate surface area is 67.8 Å². The third kappa shape index (κ3) is 24.2. The lowest BCUT2D eigenvalue weighted by Crippen LogP contribution is -2.20. The molecule has 0 radical (unpaired) electrons. The van der Waals surface area contributed by atoms with Crippen LogP contribution in [-0.2, 0) is 0 Å². The summed E-state index contributed by atoms with van der Waals surface area (Å²) in [6, 6.07) is 0. The summed E-state index contributed by atoms with van der Waals surface area (Å²) in [7, 11) is 6.00. The van der Waals surface area contributed by atoms with Gasteiger partial charge in [-0.3, -0.25) is 0 Å². The predicted octanol–water partition coefficient (Wildman–Crippen LogP) is -0.277. The van der Waals surface area contributed by atoms with Gasteiger partial charge < -0.3 is 15.7 Å². The van der Waals surface area contributed by atoms with E-state index in [0.717, 1.165) is 0 Å². The van der Waals surface area contributed by atoms with Crippen LogP contribution in [0.25, 0.3) is 0 Å². The first-order valence-corrected chi connectivity index (χ1v) is 3.63. The average molecular weight is 169 g/mol. The molecule has 0 heterocycles. The van der Waals surface area contributed by atoms with Crippen molar-refractivity contribution in [1.29, 1.82) is 0 Å². The Morgan fingerprint density at radius 2 is 1.80 bits per heavy atom. The Morgan fingerprint density at radius 3 is 1.80 bits per heavy atom. The third-order valence-electron chi connectivity index (χ3n) is 0.450. The maximum atomic E-state index is 8.41. The minimum Gasteiger partial charge on any atom is -0.391 e. The lowest BCUT2D eigenvalue weighted by molar-refractivity contribution is 0.206. The van der Waals surface area contributed by atoms with Crippen molar-refractivity contribution in [1.82, 2.24) is 4.90 Å². The Bertz CT molecular complexity index is 55.0. The molecule has 0 aliphatic carbocycles. The van der Waals surface area contributed by atoms with Gasteiger partial charge in [0, 0.05) is 12.4 Å². The van der Waals surface area contributed by atoms with E-state index in [1.807, 2.05) is 26.0 Å². The molecule has 0 aliphatic heterocycles. The van der Waals surface area contributed by atoms with E-state index in [9.17, 15) is 0 Å². The molecule has 0 saturated carbocycles. The average Bonchev–Trinajstić information content (AvgIpc) is 1.85. The summed E-state index contributed by atoms with van der Waals surface area (Å²) in [6.07, 6.45) is -0.522. The topological polar surface area (TPSA) is 49.5 Å². The monoisotopic (exact) mass is 168 g/mol. The van der Waals surface area contributed by atoms with E-state index in [1.54, 1.807) is 0 Å². The summed E-state index contributed by atoms with van der Waals surface area (Å²) in [6.45, 7) is 0.253. The van der Waals surface area contributed by atoms with Crippen LogP contribution in [0.15, 0.2) is 0 Å². The molecule has 0 aromatic heterocycles. The number of nitrogens with zero attached hydrogens (tertiary/aromatic N) is 1. The fourth-order valence-electron chi connectivity index (χ4n) is 0.0630. The van der Waals surface area contributed by atoms with Gasteiger partial charge in [-0.1, -0.05) is 0 Å². The number of rotatable bonds is 2. The summed E-state index contributed by atoms with van der Waals surface area (Å²) in [5, 5.41) is 8.41. The van der Waals surface area contributed by atoms with E-state index in [0.29, 0.717) is 0 Å². The molecule has 0 spiro atoms. The maximum absolute atomic E-state index is 8.41. The van der Waals surface area contributed by atoms with Crippen molar-refractivity contribution in [3.8, 4) is 0 Å². The second kappa shape index (κ2) is 9.17. The number of aliphatic hydroxyl groups is 1. The van der Waals surface area contributed by atoms with Crippen molar-refractivity contribution in [2.24, 2.45) is 5.73 Å². The van der Waals surface area contributed by atoms with Gasteiger partial charge in [0.25, 0.3) is 0 Å². The molecule has 0 aromatic rings. The van der Waals surface area contributed by atoms with Crippen molar-refractivity contribution < 1.29 is 5.11 Å². The zero-order valence-electron chi connectivity index (χ0n) is 6.84. The van der Waals surface area contributed by atoms with E-state index in [-0.39, 0.29) is 12.4 Å². The zero-order chi connectivity index (χ0) is 8.57. The number of alkyl halides is 1. The van der Waals surface area contributed by atoms with Gasteiger partial charge >= 0.3 is 0 Å². The maximum Gasteiger partial charge on any atom is 0.0797 e. The molecule has 64 valence electrons. The van der Waals surface area contributed by atoms with Gasteiger partial charge in [-0.05, 0) is 21.1 Å². The number of aliphatic hydroxyl groups excluding tert-OH is 1. The fraction of sp³-hybridized carbons (Fsp3) is 1.00. The molecule has 1 atom stereocenters. The molecule has 0 rings (SSSR count). The van der Waals surface area contributed by atoms with E-state index >= 15 is 0 Å². The van der Waals surface area contributed by atoms with Crippen LogP contribution in [0.5, 0.6) is 0 Å². The zero-order valence-corrected chi connectivity index (χ0v) is 7.60. The van der Waals surface area contributed by atoms with Crippen LogP contribution in [0.4, 0.5) is 0 Å². The van der Waals surface area contributed by atoms with E-state index in [2.05, 4.69) is 0 Å². The Kier molecular flexibility index (Phi) is 11.7. The molecule has 0 amide bonds. The number of hydrogen-bond donors (Lipinski definition) is 2. The van der Waals surface area contributed by atoms with Crippen molar-refractivity contribution in [2.75, 3.05) is 33.6 Å². The van der Waals surface area contributed by atoms with Crippen molar-refractivity contribution in [2.45, 2.75) is 6.10 Å². The van der Waals surface area contributed by atoms with Gasteiger partial charge in [-0.25, -0.2) is 0 Å². The van der Waals surface area contributed by atoms with Gasteiger partial charge in [0.05, 0.1) is 6.10 Å². The second-order valence-electron chi connectivity index (χ2n) is 2.39. The summed E-state index contributed by atoms with van der Waals surface area (Å²) in [4.78, 5) is 2.00. The van der Waals surface area contributed by atoms with Crippen LogP contribution in [0, 0.1) is 0 Å². The first kappa shape index (κ1) is 12.8. The smallest absolute Gasteiger partial charge is 0.0797 e. The van der Waals surface area contributed by atoms with Crippen LogP contribution in [-0.4, -0.2) is 49.7 Å². The molecule has 0 fully saturated rings. The van der Waals surface area contributed by atoms with Crippen molar-refractivity contribution >= 4 is 11.6 Å². The Hall–Kier alpha value is 0.170. The number of hydrogen-bond acceptors (Lipinski definition) is 3. The van der Waals surface area contributed by atoms with E-state index in [1.165, 1.54) is 0 Å². The van der Waals surface area contributed by atoms with Gasteiger partial charge in [-0.2, -0.15) is 0 Å². The molecule has 0 bridgehead atoms. The second-order valence-corrected chi connectivity index (χ2v) is 2.69. The quantitative estimate of drug-likeness (QED) is 0.558. The molecule has 1 unspecified atom stereocenters. The highest BCUT2D eigenvalue weighted by Gasteiger charge is 1.92. The molecule has 3 N–H and O–H groups in total. The van der Waals surface area contributed by atoms with E-state index < -0.39 is 6.10 Å². The fourth-order valence-corrected chi connectivity index (χ4v) is 0.189. The lowest BCUT2D eigenvalue weighted by Gasteiger charge is -1.96. The van der Waals surface area contributed by atoms with Crippen LogP contribution >= 0.6 is 11.6 Å². The van der Waals surface area contributed by atoms with Crippen LogP contribution in [0.1, 0.15) is 0 Å². The van der Waals surface area contributed by atoms with Gasteiger partial charge in [0.2, 0.25) is 0 Å². The minimum absolute atomic E-state index is 0.233. The first-order chi connectivity index (χ1) is 4.54. The van der Waals surface area contributed by atoms with Crippen molar-refractivity contribution in [3.63, 3.8) is 0 Å². The number of halogens is 1. The van der Waals surface area contributed by atoms with Crippen LogP contribution < -0.4 is 5.73 Å². The standard InChI is InChI=1S/C3H8ClNO.C3H9N/c4-1-3(6)2-5;1-4(2)3/h3,6H,1-2,5H2;1-3H3. The van der Waals surface area contributed by atoms with Crippen LogP contribution in [0.2, 0.25) is 0 Å². The molecule has 0 saturated heterocycles. The molecular weight excluding hydrogens is 152 g/mol. The van der Waals surface area contributed by atoms with Crippen LogP contribution in [0.3, 0.4) is 0 Å². The summed E-state index contributed by atoms with van der Waals surface area (Å²) >= 11 is 5.12. The Balaban J connectivity index is 0. The summed E-state index contributed by atoms with van der Waals surface area (Å²) < 4.78 is 0. The van der Waals surface area contributed by atoms with Gasteiger partial charge in [-0.15, -0.1) is 11.6 Å². The summed E-state index contributed by atoms with van der Waals surface area (Å²) in [5.74, 6) is 0.233. The van der Waals surface area contributed by atoms with Crippen molar-refractivity contribution in [3.05, 3.63) is 0 Å². The molecule has 0 aliphatic rings. The molecule has 3 nitrogen and oxygen atoms in total. The minimum atomic E-state index is -0.522. The largest absolute Gasteiger partial charge is 0.391 e. The SMILES string of the molecule is CN(C)C.NCC(O)CCl. The first-order valence-electron chi connectivity index (χ1n) is 3.09.